The number of hydrazone groups is 1. The second-order valence-corrected chi connectivity index (χ2v) is 9.88. The Balaban J connectivity index is 1.40. The molecule has 0 saturated carbocycles. The van der Waals surface area contributed by atoms with E-state index in [4.69, 9.17) is 16.3 Å². The van der Waals surface area contributed by atoms with E-state index in [9.17, 15) is 9.59 Å². The van der Waals surface area contributed by atoms with E-state index in [1.165, 1.54) is 5.56 Å². The van der Waals surface area contributed by atoms with Gasteiger partial charge in [-0.3, -0.25) is 9.59 Å². The first kappa shape index (κ1) is 26.9. The second kappa shape index (κ2) is 12.9. The molecule has 0 fully saturated rings. The van der Waals surface area contributed by atoms with Gasteiger partial charge in [-0.05, 0) is 48.2 Å². The van der Waals surface area contributed by atoms with Gasteiger partial charge in [-0.15, -0.1) is 0 Å². The van der Waals surface area contributed by atoms with E-state index in [0.29, 0.717) is 17.2 Å². The Labute approximate surface area is 227 Å². The number of ether oxygens (including phenoxy) is 1. The highest BCUT2D eigenvalue weighted by Crippen LogP contribution is 2.21. The minimum Gasteiger partial charge on any atom is -0.484 e. The summed E-state index contributed by atoms with van der Waals surface area (Å²) in [4.78, 5) is 25.4. The van der Waals surface area contributed by atoms with Gasteiger partial charge in [0.15, 0.2) is 6.61 Å². The minimum atomic E-state index is -0.743. The van der Waals surface area contributed by atoms with Crippen LogP contribution in [0.3, 0.4) is 0 Å². The number of rotatable bonds is 11. The molecule has 0 radical (unpaired) electrons. The van der Waals surface area contributed by atoms with Gasteiger partial charge in [0.1, 0.15) is 11.8 Å². The fourth-order valence-corrected chi connectivity index (χ4v) is 4.28. The summed E-state index contributed by atoms with van der Waals surface area (Å²) in [5, 5.41) is 8.59. The van der Waals surface area contributed by atoms with Crippen molar-refractivity contribution >= 4 is 40.5 Å². The van der Waals surface area contributed by atoms with E-state index >= 15 is 0 Å². The van der Waals surface area contributed by atoms with Crippen LogP contribution in [0.5, 0.6) is 5.75 Å². The molecule has 3 aromatic carbocycles. The maximum absolute atomic E-state index is 12.9. The summed E-state index contributed by atoms with van der Waals surface area (Å²) >= 11 is 5.88. The molecule has 196 valence electrons. The molecule has 7 nitrogen and oxygen atoms in total. The van der Waals surface area contributed by atoms with Crippen molar-refractivity contribution in [3.05, 3.63) is 101 Å². The number of carbonyl (C=O) groups excluding carboxylic acids is 2. The number of nitrogens with one attached hydrogen (secondary N) is 2. The van der Waals surface area contributed by atoms with Crippen molar-refractivity contribution in [3.8, 4) is 5.75 Å². The number of para-hydroxylation sites is 1. The van der Waals surface area contributed by atoms with Crippen LogP contribution in [-0.2, 0) is 16.1 Å². The standard InChI is InChI=1S/C30H31ClN4O3/c1-21(2)16-27(33-29(36)20-38-25-14-12-24(31)13-15-25)30(37)34-32-17-23-19-35(18-22-8-4-3-5-9-22)28-11-7-6-10-26(23)28/h3-15,17,19,21,27H,16,18,20H2,1-2H3,(H,33,36)(H,34,37)/b32-17-/t27-/m1/s1. The number of hydrogen-bond donors (Lipinski definition) is 2. The Hall–Kier alpha value is -4.10. The van der Waals surface area contributed by atoms with Gasteiger partial charge in [0, 0.05) is 34.2 Å². The molecule has 2 N–H and O–H groups in total. The maximum Gasteiger partial charge on any atom is 0.262 e. The van der Waals surface area contributed by atoms with E-state index in [2.05, 4.69) is 38.6 Å². The maximum atomic E-state index is 12.9. The summed E-state index contributed by atoms with van der Waals surface area (Å²) < 4.78 is 7.66. The number of hydrogen-bond acceptors (Lipinski definition) is 4. The van der Waals surface area contributed by atoms with Crippen LogP contribution in [0.1, 0.15) is 31.4 Å². The molecule has 1 aromatic heterocycles. The molecule has 4 aromatic rings. The Morgan fingerprint density at radius 1 is 1.00 bits per heavy atom. The molecule has 4 rings (SSSR count). The highest BCUT2D eigenvalue weighted by atomic mass is 35.5. The predicted octanol–water partition coefficient (Wildman–Crippen LogP) is 5.40. The number of halogens is 1. The van der Waals surface area contributed by atoms with Crippen LogP contribution < -0.4 is 15.5 Å². The van der Waals surface area contributed by atoms with Crippen LogP contribution >= 0.6 is 11.6 Å². The molecule has 0 aliphatic carbocycles. The monoisotopic (exact) mass is 530 g/mol. The van der Waals surface area contributed by atoms with Gasteiger partial charge in [-0.2, -0.15) is 5.10 Å². The summed E-state index contributed by atoms with van der Waals surface area (Å²) in [5.74, 6) is -0.0786. The van der Waals surface area contributed by atoms with Gasteiger partial charge >= 0.3 is 0 Å². The highest BCUT2D eigenvalue weighted by molar-refractivity contribution is 6.30. The van der Waals surface area contributed by atoms with Gasteiger partial charge < -0.3 is 14.6 Å². The molecular weight excluding hydrogens is 500 g/mol. The molecule has 0 bridgehead atoms. The van der Waals surface area contributed by atoms with Gasteiger partial charge in [0.05, 0.1) is 6.21 Å². The lowest BCUT2D eigenvalue weighted by atomic mass is 10.0. The third-order valence-electron chi connectivity index (χ3n) is 5.94. The second-order valence-electron chi connectivity index (χ2n) is 9.44. The zero-order chi connectivity index (χ0) is 26.9. The normalized spacial score (nSPS) is 12.1. The SMILES string of the molecule is CC(C)C[C@@H](NC(=O)COc1ccc(Cl)cc1)C(=O)N/N=C\c1cn(Cc2ccccc2)c2ccccc12. The summed E-state index contributed by atoms with van der Waals surface area (Å²) in [6.45, 7) is 4.48. The zero-order valence-electron chi connectivity index (χ0n) is 21.4. The quantitative estimate of drug-likeness (QED) is 0.201. The van der Waals surface area contributed by atoms with E-state index in [0.717, 1.165) is 23.0 Å². The molecule has 0 aliphatic heterocycles. The molecule has 2 amide bonds. The Bertz CT molecular complexity index is 1400. The van der Waals surface area contributed by atoms with E-state index in [1.54, 1.807) is 30.5 Å². The number of benzene rings is 3. The largest absolute Gasteiger partial charge is 0.484 e. The lowest BCUT2D eigenvalue weighted by molar-refractivity contribution is -0.130. The summed E-state index contributed by atoms with van der Waals surface area (Å²) in [6, 6.07) is 24.3. The van der Waals surface area contributed by atoms with Crippen LogP contribution in [0.25, 0.3) is 10.9 Å². The van der Waals surface area contributed by atoms with Crippen LogP contribution in [-0.4, -0.2) is 35.2 Å². The Morgan fingerprint density at radius 3 is 2.45 bits per heavy atom. The van der Waals surface area contributed by atoms with E-state index < -0.39 is 11.9 Å². The fourth-order valence-electron chi connectivity index (χ4n) is 4.15. The molecule has 0 aliphatic rings. The van der Waals surface area contributed by atoms with E-state index in [-0.39, 0.29) is 18.4 Å². The van der Waals surface area contributed by atoms with Crippen LogP contribution in [0.2, 0.25) is 5.02 Å². The molecule has 0 unspecified atom stereocenters. The third-order valence-corrected chi connectivity index (χ3v) is 6.19. The van der Waals surface area contributed by atoms with Crippen molar-refractivity contribution in [1.29, 1.82) is 0 Å². The molecule has 1 heterocycles. The van der Waals surface area contributed by atoms with Crippen LogP contribution in [0, 0.1) is 5.92 Å². The first-order valence-electron chi connectivity index (χ1n) is 12.5. The fraction of sp³-hybridized carbons (Fsp3) is 0.233. The van der Waals surface area contributed by atoms with Crippen LogP contribution in [0.4, 0.5) is 0 Å². The molecular formula is C30H31ClN4O3. The Morgan fingerprint density at radius 2 is 1.71 bits per heavy atom. The average Bonchev–Trinajstić information content (AvgIpc) is 3.25. The number of fused-ring (bicyclic) bond motifs is 1. The minimum absolute atomic E-state index is 0.183. The number of amides is 2. The van der Waals surface area contributed by atoms with Gasteiger partial charge in [-0.25, -0.2) is 5.43 Å². The predicted molar refractivity (Wildman–Crippen MR) is 152 cm³/mol. The Kier molecular flexibility index (Phi) is 9.16. The number of carbonyl (C=O) groups is 2. The molecule has 0 spiro atoms. The molecule has 38 heavy (non-hydrogen) atoms. The van der Waals surface area contributed by atoms with Gasteiger partial charge in [0.25, 0.3) is 11.8 Å². The number of nitrogens with zero attached hydrogens (tertiary/aromatic N) is 2. The third kappa shape index (κ3) is 7.46. The molecule has 8 heteroatoms. The van der Waals surface area contributed by atoms with Crippen molar-refractivity contribution in [2.45, 2.75) is 32.9 Å². The lowest BCUT2D eigenvalue weighted by Gasteiger charge is -2.19. The molecule has 1 atom stereocenters. The van der Waals surface area contributed by atoms with Crippen LogP contribution in [0.15, 0.2) is 90.2 Å². The summed E-state index contributed by atoms with van der Waals surface area (Å²) in [6.07, 6.45) is 4.12. The van der Waals surface area contributed by atoms with Crippen molar-refractivity contribution < 1.29 is 14.3 Å². The molecule has 0 saturated heterocycles. The smallest absolute Gasteiger partial charge is 0.262 e. The summed E-state index contributed by atoms with van der Waals surface area (Å²) in [7, 11) is 0. The number of aromatic nitrogens is 1. The first-order valence-corrected chi connectivity index (χ1v) is 12.9. The topological polar surface area (TPSA) is 84.7 Å². The van der Waals surface area contributed by atoms with Crippen molar-refractivity contribution in [2.75, 3.05) is 6.61 Å². The van der Waals surface area contributed by atoms with Gasteiger partial charge in [-0.1, -0.05) is 74.0 Å². The van der Waals surface area contributed by atoms with Crippen molar-refractivity contribution in [3.63, 3.8) is 0 Å². The van der Waals surface area contributed by atoms with E-state index in [1.807, 2.05) is 56.4 Å². The lowest BCUT2D eigenvalue weighted by Crippen LogP contribution is -2.47. The first-order chi connectivity index (χ1) is 18.4. The van der Waals surface area contributed by atoms with Crippen molar-refractivity contribution in [1.82, 2.24) is 15.3 Å². The highest BCUT2D eigenvalue weighted by Gasteiger charge is 2.22. The van der Waals surface area contributed by atoms with Crippen molar-refractivity contribution in [2.24, 2.45) is 11.0 Å². The summed E-state index contributed by atoms with van der Waals surface area (Å²) in [5.41, 5.74) is 5.75. The van der Waals surface area contributed by atoms with Gasteiger partial charge in [0.2, 0.25) is 0 Å². The average molecular weight is 531 g/mol. The zero-order valence-corrected chi connectivity index (χ0v) is 22.2.